The lowest BCUT2D eigenvalue weighted by Crippen LogP contribution is -2.56. The minimum atomic E-state index is -5.02. The number of ether oxygens (including phenoxy) is 1. The van der Waals surface area contributed by atoms with E-state index in [0.29, 0.717) is 50.8 Å². The number of hydrogen-bond acceptors (Lipinski definition) is 18. The maximum atomic E-state index is 13.9. The number of rotatable bonds is 27. The summed E-state index contributed by atoms with van der Waals surface area (Å²) >= 11 is 0. The van der Waals surface area contributed by atoms with Crippen molar-refractivity contribution in [2.24, 2.45) is 94.7 Å². The van der Waals surface area contributed by atoms with Crippen molar-refractivity contribution in [3.63, 3.8) is 0 Å². The average molecular weight is 1270 g/mol. The molecule has 15 atom stereocenters. The van der Waals surface area contributed by atoms with E-state index in [4.69, 9.17) is 63.2 Å². The van der Waals surface area contributed by atoms with E-state index >= 15 is 0 Å². The second kappa shape index (κ2) is 25.9. The number of phosphoric acid groups is 1. The number of aliphatic imine (C=N–C) groups is 3. The van der Waals surface area contributed by atoms with Crippen LogP contribution >= 0.6 is 7.82 Å². The Bertz CT molecular complexity index is 3500. The number of aromatic nitrogens is 2. The number of benzene rings is 1. The van der Waals surface area contributed by atoms with Crippen LogP contribution in [-0.2, 0) is 51.9 Å². The van der Waals surface area contributed by atoms with Gasteiger partial charge in [0.05, 0.1) is 47.3 Å². The molecular formula is C62H90N13O14P. The normalized spacial score (nSPS) is 33.9. The number of aliphatic hydroxyl groups excluding tert-OH is 2. The van der Waals surface area contributed by atoms with Gasteiger partial charge in [-0.2, -0.15) is 0 Å². The first-order valence-electron chi connectivity index (χ1n) is 30.6. The fraction of sp³-hybridized carbons (Fsp3) is 0.629. The zero-order valence-electron chi connectivity index (χ0n) is 53.0. The molecule has 0 radical (unpaired) electrons. The van der Waals surface area contributed by atoms with Crippen molar-refractivity contribution in [1.82, 2.24) is 20.2 Å². The van der Waals surface area contributed by atoms with E-state index in [-0.39, 0.29) is 83.6 Å². The Morgan fingerprint density at radius 2 is 1.42 bits per heavy atom. The highest BCUT2D eigenvalue weighted by Gasteiger charge is 2.66. The maximum absolute atomic E-state index is 13.9. The zero-order valence-corrected chi connectivity index (χ0v) is 53.9. The molecule has 492 valence electrons. The van der Waals surface area contributed by atoms with E-state index in [1.165, 1.54) is 13.3 Å². The number of amides is 7. The molecule has 90 heavy (non-hydrogen) atoms. The summed E-state index contributed by atoms with van der Waals surface area (Å²) < 4.78 is 32.1. The van der Waals surface area contributed by atoms with Gasteiger partial charge in [0.1, 0.15) is 18.3 Å². The predicted octanol–water partition coefficient (Wildman–Crippen LogP) is 3.16. The number of aliphatic hydroxyl groups is 2. The molecule has 2 unspecified atom stereocenters. The zero-order chi connectivity index (χ0) is 66.5. The van der Waals surface area contributed by atoms with Crippen LogP contribution in [0.3, 0.4) is 0 Å². The number of nitrogens with one attached hydrogen (secondary N) is 2. The summed E-state index contributed by atoms with van der Waals surface area (Å²) in [6.07, 6.45) is -1.55. The molecule has 8 bridgehead atoms. The van der Waals surface area contributed by atoms with Crippen LogP contribution in [0, 0.1) is 59.2 Å². The van der Waals surface area contributed by atoms with Crippen molar-refractivity contribution in [3.05, 3.63) is 64.4 Å². The number of phosphoric ester groups is 1. The van der Waals surface area contributed by atoms with Crippen molar-refractivity contribution in [2.45, 2.75) is 189 Å². The smallest absolute Gasteiger partial charge is 0.394 e. The lowest BCUT2D eigenvalue weighted by molar-refractivity contribution is -0.123. The van der Waals surface area contributed by atoms with Gasteiger partial charge in [0.2, 0.25) is 41.4 Å². The van der Waals surface area contributed by atoms with Gasteiger partial charge in [-0.25, -0.2) is 9.55 Å². The Morgan fingerprint density at radius 1 is 0.811 bits per heavy atom. The van der Waals surface area contributed by atoms with Crippen LogP contribution < -0.4 is 45.0 Å². The van der Waals surface area contributed by atoms with Crippen LogP contribution in [-0.4, -0.2) is 132 Å². The van der Waals surface area contributed by atoms with Gasteiger partial charge in [-0.1, -0.05) is 34.6 Å². The van der Waals surface area contributed by atoms with Gasteiger partial charge in [-0.05, 0) is 108 Å². The fourth-order valence-electron chi connectivity index (χ4n) is 15.2. The van der Waals surface area contributed by atoms with Gasteiger partial charge in [0, 0.05) is 125 Å². The number of imidazole rings is 1. The Kier molecular flexibility index (Phi) is 19.9. The molecule has 2 saturated heterocycles. The Morgan fingerprint density at radius 3 is 2.02 bits per heavy atom. The van der Waals surface area contributed by atoms with E-state index in [1.54, 1.807) is 11.5 Å². The molecule has 0 spiro atoms. The quantitative estimate of drug-likeness (QED) is 0.0572. The number of fused-ring (bicyclic) bond motifs is 7. The summed E-state index contributed by atoms with van der Waals surface area (Å²) in [5.41, 5.74) is 37.1. The molecule has 28 heteroatoms. The second-order valence-electron chi connectivity index (χ2n) is 27.0. The lowest BCUT2D eigenvalue weighted by atomic mass is 9.55. The summed E-state index contributed by atoms with van der Waals surface area (Å²) in [4.78, 5) is 125. The standard InChI is InChI=1S/C62H90N13O14P/c1-30-20-40-41(21-31(30)2)75(29-70-40)57-53(84)54(42(28-76)87-57)89-90(85,86)88-32(3)27-69-51(83)12-11-19-59(7)37(22-48(66)80)56-62(10)61(9,26-50(68)82)36(15-18-47(65)79)52(74-62)33(4)55-60(8,25-49(67)81)35(14-17-46(64)78)39(72-55)23-43-58(5,6)34(13-16-45(63)77)38(71-43)24-44(59)73-56/h20-21,23-24,29,32,34-37,42,53-54,56-57,71,76,84H,11-19,22,25-28H2,1-10H3,(H2,63,77)(H2,64,78)(H2,65,79)(H2,66,80)(H2,67,81)(H2,68,82)(H,69,83)(H,85,86)/b38-24-,43-23-,55-33-/t32-,34-,35-,36-,37+,42-,53-,54-,56?,57+,59-,60+,61+,62-/m1/s1. The minimum Gasteiger partial charge on any atom is -0.394 e. The molecule has 1 aromatic carbocycles. The van der Waals surface area contributed by atoms with Crippen molar-refractivity contribution >= 4 is 77.3 Å². The molecule has 7 heterocycles. The van der Waals surface area contributed by atoms with E-state index in [1.807, 2.05) is 79.7 Å². The van der Waals surface area contributed by atoms with Crippen molar-refractivity contribution in [3.8, 4) is 0 Å². The highest BCUT2D eigenvalue weighted by molar-refractivity contribution is 7.47. The van der Waals surface area contributed by atoms with Crippen molar-refractivity contribution in [1.29, 1.82) is 0 Å². The number of allylic oxidation sites excluding steroid dienone is 6. The van der Waals surface area contributed by atoms with E-state index in [0.717, 1.165) is 11.1 Å². The van der Waals surface area contributed by atoms with Crippen LogP contribution in [0.1, 0.15) is 150 Å². The number of nitrogens with two attached hydrogens (primary N) is 6. The largest absolute Gasteiger partial charge is 0.472 e. The van der Waals surface area contributed by atoms with E-state index < -0.39 is 143 Å². The van der Waals surface area contributed by atoms with Gasteiger partial charge in [-0.15, -0.1) is 0 Å². The fourth-order valence-corrected chi connectivity index (χ4v) is 16.4. The van der Waals surface area contributed by atoms with Gasteiger partial charge in [0.15, 0.2) is 6.23 Å². The number of primary amides is 6. The summed E-state index contributed by atoms with van der Waals surface area (Å²) in [6.45, 7) is 17.6. The van der Waals surface area contributed by atoms with Crippen LogP contribution in [0.15, 0.2) is 68.3 Å². The number of aryl methyl sites for hydroxylation is 2. The predicted molar refractivity (Wildman–Crippen MR) is 334 cm³/mol. The summed E-state index contributed by atoms with van der Waals surface area (Å²) in [7, 11) is -5.02. The first-order chi connectivity index (χ1) is 41.9. The van der Waals surface area contributed by atoms with Gasteiger partial charge in [-0.3, -0.25) is 57.6 Å². The first kappa shape index (κ1) is 68.9. The van der Waals surface area contributed by atoms with Gasteiger partial charge in [0.25, 0.3) is 0 Å². The molecular weight excluding hydrogens is 1180 g/mol. The number of carbonyl (C=O) groups is 7. The molecule has 2 aromatic rings. The Hall–Kier alpha value is -7.00. The van der Waals surface area contributed by atoms with E-state index in [2.05, 4.69) is 15.6 Å². The Labute approximate surface area is 523 Å². The van der Waals surface area contributed by atoms with Crippen LogP contribution in [0.2, 0.25) is 0 Å². The van der Waals surface area contributed by atoms with Crippen molar-refractivity contribution < 1.29 is 67.0 Å². The van der Waals surface area contributed by atoms with Crippen molar-refractivity contribution in [2.75, 3.05) is 13.2 Å². The Balaban J connectivity index is 1.14. The molecule has 2 fully saturated rings. The summed E-state index contributed by atoms with van der Waals surface area (Å²) in [6, 6.07) is 2.77. The second-order valence-corrected chi connectivity index (χ2v) is 28.4. The van der Waals surface area contributed by atoms with Gasteiger partial charge >= 0.3 is 7.82 Å². The molecule has 6 aliphatic heterocycles. The lowest BCUT2D eigenvalue weighted by Gasteiger charge is -2.48. The molecule has 6 aliphatic rings. The maximum Gasteiger partial charge on any atom is 0.472 e. The molecule has 27 nitrogen and oxygen atoms in total. The molecule has 8 rings (SSSR count). The average Bonchev–Trinajstić information content (AvgIpc) is 1.53. The topological polar surface area (TPSA) is 460 Å². The van der Waals surface area contributed by atoms with Crippen LogP contribution in [0.5, 0.6) is 0 Å². The highest BCUT2D eigenvalue weighted by atomic mass is 31.2. The molecule has 1 aromatic heterocycles. The third-order valence-corrected chi connectivity index (χ3v) is 21.6. The minimum absolute atomic E-state index is 0.00898. The van der Waals surface area contributed by atoms with Crippen LogP contribution in [0.4, 0.5) is 0 Å². The first-order valence-corrected chi connectivity index (χ1v) is 32.1. The molecule has 7 amide bonds. The monoisotopic (exact) mass is 1270 g/mol. The summed E-state index contributed by atoms with van der Waals surface area (Å²) in [5, 5.41) is 28.1. The van der Waals surface area contributed by atoms with Crippen LogP contribution in [0.25, 0.3) is 11.0 Å². The van der Waals surface area contributed by atoms with Gasteiger partial charge < -0.3 is 69.4 Å². The van der Waals surface area contributed by atoms with E-state index in [9.17, 15) is 53.2 Å². The molecule has 0 aliphatic carbocycles. The third kappa shape index (κ3) is 13.4. The number of hydrogen-bond donors (Lipinski definition) is 11. The summed E-state index contributed by atoms with van der Waals surface area (Å²) in [5.74, 6) is -6.87. The number of carbonyl (C=O) groups excluding carboxylic acids is 7. The molecule has 17 N–H and O–H groups in total. The third-order valence-electron chi connectivity index (χ3n) is 20.4. The SMILES string of the molecule is C/C1=C2N=C(/C=C3\N/C(=C\C4=NC([C@H](CC(N)=O)[C@@]4(C)CCCC(=O)NC[C@@H](C)OP(=O)(O)O[C@H]4[C@@H](O)[C@@H](n5cnc6cc(C)c(C)cc65)O[C@@H]4CO)[C@@]4(C)N=C1[C@@H](CCC(N)=O)[C@]4(C)CC(N)=O)[C@@H](CCC(N)=O)C3(C)C)[C@@H](CCC(N)=O)[C@]/2(C)CC(N)=O. The molecule has 0 saturated carbocycles. The number of nitrogens with zero attached hydrogens (tertiary/aromatic N) is 5. The highest BCUT2D eigenvalue weighted by Crippen LogP contribution is 2.62.